The second-order valence-electron chi connectivity index (χ2n) is 15.6. The molecule has 0 saturated heterocycles. The summed E-state index contributed by atoms with van der Waals surface area (Å²) in [4.78, 5) is -0.826. The minimum absolute atomic E-state index is 0.00664. The van der Waals surface area contributed by atoms with Gasteiger partial charge in [-0.1, -0.05) is 90.3 Å². The standard InChI is InChI=1S/C35H60O3SSi/c1-11-25-16-18-28-27-17-15-26-23-35(37,39-22-14-20-34(36,12-2)13-3)24-30(38-40(9,10)31(4,5)6)33(26,8)29(27)19-21-32(25,28)7/h15-17,28-30,36-37H,11-14,18-24H2,1-10H3/t28-,29-,30-,32+,33-,35-/m0/s1. The number of rotatable bonds is 10. The van der Waals surface area contributed by atoms with Crippen molar-refractivity contribution in [3.63, 3.8) is 0 Å². The van der Waals surface area contributed by atoms with Crippen molar-refractivity contribution in [3.05, 3.63) is 34.9 Å². The van der Waals surface area contributed by atoms with Crippen LogP contribution in [0.1, 0.15) is 120 Å². The Labute approximate surface area is 251 Å². The van der Waals surface area contributed by atoms with Gasteiger partial charge in [-0.25, -0.2) is 0 Å². The molecule has 0 spiro atoms. The summed E-state index contributed by atoms with van der Waals surface area (Å²) < 4.78 is 7.38. The summed E-state index contributed by atoms with van der Waals surface area (Å²) in [5, 5.41) is 23.1. The van der Waals surface area contributed by atoms with Gasteiger partial charge in [0.1, 0.15) is 4.93 Å². The molecule has 0 aromatic heterocycles. The van der Waals surface area contributed by atoms with E-state index in [0.29, 0.717) is 23.7 Å². The zero-order chi connectivity index (χ0) is 29.8. The summed E-state index contributed by atoms with van der Waals surface area (Å²) >= 11 is 1.71. The van der Waals surface area contributed by atoms with Crippen LogP contribution in [-0.4, -0.2) is 40.9 Å². The van der Waals surface area contributed by atoms with E-state index in [9.17, 15) is 10.2 Å². The monoisotopic (exact) mass is 588 g/mol. The summed E-state index contributed by atoms with van der Waals surface area (Å²) in [5.41, 5.74) is 4.37. The maximum absolute atomic E-state index is 12.2. The Morgan fingerprint density at radius 3 is 2.35 bits per heavy atom. The fourth-order valence-corrected chi connectivity index (χ4v) is 10.9. The van der Waals surface area contributed by atoms with Crippen LogP contribution >= 0.6 is 11.8 Å². The summed E-state index contributed by atoms with van der Waals surface area (Å²) in [6, 6.07) is 0. The number of hydrogen-bond acceptors (Lipinski definition) is 4. The molecule has 2 fully saturated rings. The first kappa shape index (κ1) is 32.6. The molecule has 4 rings (SSSR count). The highest BCUT2D eigenvalue weighted by molar-refractivity contribution is 8.00. The first-order chi connectivity index (χ1) is 18.5. The van der Waals surface area contributed by atoms with E-state index in [1.807, 2.05) is 0 Å². The van der Waals surface area contributed by atoms with Gasteiger partial charge < -0.3 is 14.6 Å². The number of hydrogen-bond donors (Lipinski definition) is 2. The molecule has 0 bridgehead atoms. The Balaban J connectivity index is 1.64. The molecule has 0 aliphatic heterocycles. The van der Waals surface area contributed by atoms with Crippen molar-refractivity contribution >= 4 is 20.1 Å². The van der Waals surface area contributed by atoms with E-state index in [4.69, 9.17) is 4.43 Å². The number of allylic oxidation sites excluding steroid dienone is 5. The highest BCUT2D eigenvalue weighted by atomic mass is 32.2. The van der Waals surface area contributed by atoms with Crippen molar-refractivity contribution in [1.29, 1.82) is 0 Å². The predicted octanol–water partition coefficient (Wildman–Crippen LogP) is 9.57. The molecule has 0 aromatic rings. The SMILES string of the molecule is CCC1=CC[C@H]2C3=CC=C4C[C@](O)(SCCCC(O)(CC)CC)C[C@H](O[Si](C)(C)C(C)(C)C)[C@]4(C)[C@H]3CC[C@]12C. The Morgan fingerprint density at radius 1 is 1.07 bits per heavy atom. The van der Waals surface area contributed by atoms with Crippen LogP contribution < -0.4 is 0 Å². The second kappa shape index (κ2) is 11.3. The second-order valence-corrected chi connectivity index (χ2v) is 21.8. The largest absolute Gasteiger partial charge is 0.413 e. The number of fused-ring (bicyclic) bond motifs is 5. The predicted molar refractivity (Wildman–Crippen MR) is 175 cm³/mol. The quantitative estimate of drug-likeness (QED) is 0.115. The minimum atomic E-state index is -2.08. The molecule has 0 aromatic carbocycles. The molecular weight excluding hydrogens is 529 g/mol. The normalized spacial score (nSPS) is 36.3. The van der Waals surface area contributed by atoms with Crippen molar-refractivity contribution in [1.82, 2.24) is 0 Å². The first-order valence-electron chi connectivity index (χ1n) is 16.4. The Kier molecular flexibility index (Phi) is 9.21. The van der Waals surface area contributed by atoms with E-state index in [0.717, 1.165) is 37.9 Å². The average molecular weight is 589 g/mol. The maximum Gasteiger partial charge on any atom is 0.192 e. The smallest absolute Gasteiger partial charge is 0.192 e. The zero-order valence-electron chi connectivity index (χ0n) is 27.5. The third kappa shape index (κ3) is 5.65. The van der Waals surface area contributed by atoms with Crippen LogP contribution in [0.15, 0.2) is 34.9 Å². The molecule has 6 atom stereocenters. The number of aliphatic hydroxyl groups is 2. The van der Waals surface area contributed by atoms with E-state index in [2.05, 4.69) is 86.7 Å². The maximum atomic E-state index is 12.2. The van der Waals surface area contributed by atoms with Crippen LogP contribution in [0.5, 0.6) is 0 Å². The van der Waals surface area contributed by atoms with Crippen molar-refractivity contribution < 1.29 is 14.6 Å². The lowest BCUT2D eigenvalue weighted by atomic mass is 9.49. The van der Waals surface area contributed by atoms with Crippen molar-refractivity contribution in [2.45, 2.75) is 154 Å². The van der Waals surface area contributed by atoms with Gasteiger partial charge in [0, 0.05) is 18.3 Å². The molecule has 2 N–H and O–H groups in total. The molecule has 4 aliphatic carbocycles. The van der Waals surface area contributed by atoms with Gasteiger partial charge in [-0.2, -0.15) is 0 Å². The van der Waals surface area contributed by atoms with Gasteiger partial charge in [0.05, 0.1) is 11.7 Å². The average Bonchev–Trinajstić information content (AvgIpc) is 3.23. The molecule has 2 saturated carbocycles. The zero-order valence-corrected chi connectivity index (χ0v) is 29.3. The molecule has 0 radical (unpaired) electrons. The lowest BCUT2D eigenvalue weighted by Gasteiger charge is -2.60. The van der Waals surface area contributed by atoms with Gasteiger partial charge in [0.2, 0.25) is 0 Å². The van der Waals surface area contributed by atoms with Gasteiger partial charge in [0.25, 0.3) is 0 Å². The van der Waals surface area contributed by atoms with Crippen LogP contribution in [0.2, 0.25) is 18.1 Å². The van der Waals surface area contributed by atoms with E-state index in [1.165, 1.54) is 31.3 Å². The highest BCUT2D eigenvalue weighted by Gasteiger charge is 2.60. The third-order valence-corrected chi connectivity index (χ3v) is 18.3. The highest BCUT2D eigenvalue weighted by Crippen LogP contribution is 2.66. The Bertz CT molecular complexity index is 1030. The van der Waals surface area contributed by atoms with Crippen LogP contribution in [0.25, 0.3) is 0 Å². The topological polar surface area (TPSA) is 49.7 Å². The molecule has 0 unspecified atom stereocenters. The van der Waals surface area contributed by atoms with Gasteiger partial charge in [-0.05, 0) is 92.5 Å². The lowest BCUT2D eigenvalue weighted by Crippen LogP contribution is -2.58. The Hall–Kier alpha value is -0.333. The molecule has 3 nitrogen and oxygen atoms in total. The summed E-state index contributed by atoms with van der Waals surface area (Å²) in [6.45, 7) is 23.2. The van der Waals surface area contributed by atoms with Crippen LogP contribution in [-0.2, 0) is 4.43 Å². The van der Waals surface area contributed by atoms with E-state index in [1.54, 1.807) is 22.9 Å². The molecule has 228 valence electrons. The van der Waals surface area contributed by atoms with Gasteiger partial charge in [0.15, 0.2) is 8.32 Å². The first-order valence-corrected chi connectivity index (χ1v) is 20.2. The molecule has 5 heteroatoms. The Morgan fingerprint density at radius 2 is 1.75 bits per heavy atom. The summed E-state index contributed by atoms with van der Waals surface area (Å²) in [6.07, 6.45) is 17.0. The minimum Gasteiger partial charge on any atom is -0.413 e. The molecule has 40 heavy (non-hydrogen) atoms. The lowest BCUT2D eigenvalue weighted by molar-refractivity contribution is -0.0527. The molecule has 4 aliphatic rings. The van der Waals surface area contributed by atoms with E-state index < -0.39 is 18.9 Å². The summed E-state index contributed by atoms with van der Waals surface area (Å²) in [7, 11) is -2.08. The van der Waals surface area contributed by atoms with Crippen molar-refractivity contribution in [3.8, 4) is 0 Å². The fraction of sp³-hybridized carbons (Fsp3) is 0.829. The van der Waals surface area contributed by atoms with Crippen LogP contribution in [0.3, 0.4) is 0 Å². The fourth-order valence-electron chi connectivity index (χ4n) is 8.32. The van der Waals surface area contributed by atoms with Crippen molar-refractivity contribution in [2.24, 2.45) is 22.7 Å². The van der Waals surface area contributed by atoms with Gasteiger partial charge in [-0.15, -0.1) is 11.8 Å². The molecular formula is C35H60O3SSi. The van der Waals surface area contributed by atoms with Gasteiger partial charge in [-0.3, -0.25) is 0 Å². The summed E-state index contributed by atoms with van der Waals surface area (Å²) in [5.74, 6) is 1.96. The molecule has 0 amide bonds. The van der Waals surface area contributed by atoms with Crippen LogP contribution in [0, 0.1) is 22.7 Å². The van der Waals surface area contributed by atoms with E-state index >= 15 is 0 Å². The van der Waals surface area contributed by atoms with Crippen LogP contribution in [0.4, 0.5) is 0 Å². The number of thioether (sulfide) groups is 1. The van der Waals surface area contributed by atoms with Gasteiger partial charge >= 0.3 is 0 Å². The van der Waals surface area contributed by atoms with E-state index in [-0.39, 0.29) is 16.6 Å². The third-order valence-electron chi connectivity index (χ3n) is 12.5. The van der Waals surface area contributed by atoms with Crippen molar-refractivity contribution in [2.75, 3.05) is 5.75 Å². The molecule has 0 heterocycles.